The Hall–Kier alpha value is -1.36. The number of amides is 1. The van der Waals surface area contributed by atoms with Crippen LogP contribution in [-0.2, 0) is 15.1 Å². The molecule has 0 saturated heterocycles. The molecule has 1 amide bonds. The van der Waals surface area contributed by atoms with Crippen LogP contribution >= 0.6 is 15.9 Å². The topological polar surface area (TPSA) is 66.4 Å². The monoisotopic (exact) mass is 323 g/mol. The highest BCUT2D eigenvalue weighted by atomic mass is 79.9. The Morgan fingerprint density at radius 1 is 1.21 bits per heavy atom. The second kappa shape index (κ2) is 4.34. The van der Waals surface area contributed by atoms with Crippen LogP contribution in [0.3, 0.4) is 0 Å². The maximum Gasteiger partial charge on any atom is 0.307 e. The molecule has 3 rings (SSSR count). The van der Waals surface area contributed by atoms with E-state index in [2.05, 4.69) is 21.2 Å². The third-order valence-corrected chi connectivity index (χ3v) is 4.48. The minimum Gasteiger partial charge on any atom is -0.481 e. The van der Waals surface area contributed by atoms with E-state index in [9.17, 15) is 9.59 Å². The zero-order valence-electron chi connectivity index (χ0n) is 10.2. The van der Waals surface area contributed by atoms with Crippen LogP contribution in [0.1, 0.15) is 24.8 Å². The van der Waals surface area contributed by atoms with E-state index in [0.29, 0.717) is 6.42 Å². The highest BCUT2D eigenvalue weighted by Crippen LogP contribution is 2.47. The third kappa shape index (κ3) is 2.39. The molecule has 2 N–H and O–H groups in total. The van der Waals surface area contributed by atoms with Gasteiger partial charge >= 0.3 is 5.97 Å². The van der Waals surface area contributed by atoms with Crippen molar-refractivity contribution >= 4 is 27.8 Å². The van der Waals surface area contributed by atoms with E-state index in [-0.39, 0.29) is 17.4 Å². The normalized spacial score (nSPS) is 26.6. The summed E-state index contributed by atoms with van der Waals surface area (Å²) in [5.41, 5.74) is 0.834. The fourth-order valence-corrected chi connectivity index (χ4v) is 2.73. The van der Waals surface area contributed by atoms with E-state index in [1.807, 2.05) is 24.3 Å². The molecule has 0 unspecified atom stereocenters. The number of hydrogen-bond donors (Lipinski definition) is 2. The lowest BCUT2D eigenvalue weighted by atomic mass is 10.0. The molecule has 19 heavy (non-hydrogen) atoms. The summed E-state index contributed by atoms with van der Waals surface area (Å²) in [5.74, 6) is -1.81. The number of benzene rings is 1. The Bertz CT molecular complexity index is 536. The van der Waals surface area contributed by atoms with Crippen molar-refractivity contribution in [2.45, 2.75) is 24.8 Å². The molecule has 0 radical (unpaired) electrons. The summed E-state index contributed by atoms with van der Waals surface area (Å²) >= 11 is 3.39. The molecular formula is C14H14BrNO3. The van der Waals surface area contributed by atoms with Gasteiger partial charge in [0.25, 0.3) is 0 Å². The molecule has 2 fully saturated rings. The Labute approximate surface area is 119 Å². The number of carbonyl (C=O) groups excluding carboxylic acids is 1. The van der Waals surface area contributed by atoms with E-state index < -0.39 is 11.9 Å². The molecule has 0 aromatic heterocycles. The van der Waals surface area contributed by atoms with Gasteiger partial charge in [0.2, 0.25) is 5.91 Å². The van der Waals surface area contributed by atoms with Gasteiger partial charge in [-0.25, -0.2) is 0 Å². The molecule has 0 heterocycles. The predicted molar refractivity (Wildman–Crippen MR) is 72.4 cm³/mol. The summed E-state index contributed by atoms with van der Waals surface area (Å²) in [6.07, 6.45) is 2.31. The van der Waals surface area contributed by atoms with Crippen LogP contribution in [0.2, 0.25) is 0 Å². The second-order valence-corrected chi connectivity index (χ2v) is 6.28. The fourth-order valence-electron chi connectivity index (χ4n) is 2.47. The van der Waals surface area contributed by atoms with Gasteiger partial charge in [0.15, 0.2) is 0 Å². The highest BCUT2D eigenvalue weighted by molar-refractivity contribution is 9.10. The molecule has 0 aliphatic heterocycles. The van der Waals surface area contributed by atoms with Crippen LogP contribution in [0.4, 0.5) is 0 Å². The SMILES string of the molecule is O=C(O)[C@H]1C[C@H]1C(=O)NC1(c2ccc(Br)cc2)CC1. The number of aliphatic carboxylic acids is 1. The number of halogens is 1. The standard InChI is InChI=1S/C14H14BrNO3/c15-9-3-1-8(2-4-9)14(5-6-14)16-12(17)10-7-11(10)13(18)19/h1-4,10-11H,5-7H2,(H,16,17)(H,18,19)/t10-,11+/m1/s1. The Morgan fingerprint density at radius 3 is 2.32 bits per heavy atom. The van der Waals surface area contributed by atoms with E-state index in [4.69, 9.17) is 5.11 Å². The van der Waals surface area contributed by atoms with Crippen LogP contribution in [0.15, 0.2) is 28.7 Å². The van der Waals surface area contributed by atoms with Gasteiger partial charge in [0, 0.05) is 4.47 Å². The molecule has 100 valence electrons. The summed E-state index contributed by atoms with van der Waals surface area (Å²) in [5, 5.41) is 11.9. The molecule has 2 saturated carbocycles. The molecule has 2 aliphatic rings. The van der Waals surface area contributed by atoms with Crippen LogP contribution in [0, 0.1) is 11.8 Å². The number of carbonyl (C=O) groups is 2. The zero-order chi connectivity index (χ0) is 13.6. The molecule has 2 atom stereocenters. The van der Waals surface area contributed by atoms with Crippen molar-refractivity contribution < 1.29 is 14.7 Å². The molecule has 0 bridgehead atoms. The van der Waals surface area contributed by atoms with Gasteiger partial charge in [-0.3, -0.25) is 9.59 Å². The van der Waals surface area contributed by atoms with Crippen molar-refractivity contribution in [1.82, 2.24) is 5.32 Å². The first kappa shape index (κ1) is 12.7. The highest BCUT2D eigenvalue weighted by Gasteiger charge is 2.53. The molecule has 1 aromatic rings. The van der Waals surface area contributed by atoms with Crippen molar-refractivity contribution in [2.24, 2.45) is 11.8 Å². The lowest BCUT2D eigenvalue weighted by Crippen LogP contribution is -2.36. The summed E-state index contributed by atoms with van der Waals surface area (Å²) in [7, 11) is 0. The Balaban J connectivity index is 1.68. The Kier molecular flexibility index (Phi) is 2.89. The number of carboxylic acid groups (broad SMARTS) is 1. The van der Waals surface area contributed by atoms with Crippen molar-refractivity contribution in [3.8, 4) is 0 Å². The van der Waals surface area contributed by atoms with Gasteiger partial charge in [0.05, 0.1) is 17.4 Å². The van der Waals surface area contributed by atoms with Gasteiger partial charge in [0.1, 0.15) is 0 Å². The van der Waals surface area contributed by atoms with Gasteiger partial charge < -0.3 is 10.4 Å². The number of hydrogen-bond acceptors (Lipinski definition) is 2. The minimum absolute atomic E-state index is 0.118. The van der Waals surface area contributed by atoms with Crippen molar-refractivity contribution in [1.29, 1.82) is 0 Å². The first-order valence-corrected chi connectivity index (χ1v) is 7.12. The van der Waals surface area contributed by atoms with Crippen LogP contribution in [-0.4, -0.2) is 17.0 Å². The van der Waals surface area contributed by atoms with Gasteiger partial charge in [-0.1, -0.05) is 28.1 Å². The summed E-state index contributed by atoms with van der Waals surface area (Å²) in [6, 6.07) is 7.91. The molecule has 0 spiro atoms. The van der Waals surface area contributed by atoms with E-state index in [1.54, 1.807) is 0 Å². The maximum atomic E-state index is 12.0. The van der Waals surface area contributed by atoms with E-state index in [0.717, 1.165) is 22.9 Å². The van der Waals surface area contributed by atoms with Crippen molar-refractivity contribution in [2.75, 3.05) is 0 Å². The molecule has 4 nitrogen and oxygen atoms in total. The van der Waals surface area contributed by atoms with Gasteiger partial charge in [-0.15, -0.1) is 0 Å². The minimum atomic E-state index is -0.867. The largest absolute Gasteiger partial charge is 0.481 e. The summed E-state index contributed by atoms with van der Waals surface area (Å²) in [4.78, 5) is 22.8. The number of carboxylic acids is 1. The van der Waals surface area contributed by atoms with Crippen molar-refractivity contribution in [3.05, 3.63) is 34.3 Å². The second-order valence-electron chi connectivity index (χ2n) is 5.37. The van der Waals surface area contributed by atoms with Crippen LogP contribution < -0.4 is 5.32 Å². The number of rotatable bonds is 4. The lowest BCUT2D eigenvalue weighted by molar-refractivity contribution is -0.140. The average Bonchev–Trinajstić information content (AvgIpc) is 3.24. The summed E-state index contributed by atoms with van der Waals surface area (Å²) < 4.78 is 1.01. The third-order valence-electron chi connectivity index (χ3n) is 3.95. The first-order chi connectivity index (χ1) is 9.02. The fraction of sp³-hybridized carbons (Fsp3) is 0.429. The van der Waals surface area contributed by atoms with Gasteiger partial charge in [-0.05, 0) is 37.0 Å². The van der Waals surface area contributed by atoms with Gasteiger partial charge in [-0.2, -0.15) is 0 Å². The zero-order valence-corrected chi connectivity index (χ0v) is 11.8. The number of nitrogens with one attached hydrogen (secondary N) is 1. The average molecular weight is 324 g/mol. The van der Waals surface area contributed by atoms with Crippen molar-refractivity contribution in [3.63, 3.8) is 0 Å². The van der Waals surface area contributed by atoms with E-state index >= 15 is 0 Å². The smallest absolute Gasteiger partial charge is 0.307 e. The lowest BCUT2D eigenvalue weighted by Gasteiger charge is -2.18. The van der Waals surface area contributed by atoms with Crippen LogP contribution in [0.5, 0.6) is 0 Å². The molecule has 5 heteroatoms. The summed E-state index contributed by atoms with van der Waals surface area (Å²) in [6.45, 7) is 0. The first-order valence-electron chi connectivity index (χ1n) is 6.33. The molecular weight excluding hydrogens is 310 g/mol. The molecule has 2 aliphatic carbocycles. The molecule has 1 aromatic carbocycles. The maximum absolute atomic E-state index is 12.0. The quantitative estimate of drug-likeness (QED) is 0.893. The predicted octanol–water partition coefficient (Wildman–Crippen LogP) is 2.28. The van der Waals surface area contributed by atoms with Crippen LogP contribution in [0.25, 0.3) is 0 Å². The Morgan fingerprint density at radius 2 is 1.84 bits per heavy atom. The van der Waals surface area contributed by atoms with E-state index in [1.165, 1.54) is 0 Å².